The number of hydrogen-bond acceptors (Lipinski definition) is 10. The number of carbonyl (C=O) groups is 1. The summed E-state index contributed by atoms with van der Waals surface area (Å²) in [6, 6.07) is 11.3. The number of likely N-dealkylation sites (N-methyl/N-ethyl adjacent to an activating group) is 1. The summed E-state index contributed by atoms with van der Waals surface area (Å²) in [5.74, 6) is 0.796. The highest BCUT2D eigenvalue weighted by atomic mass is 35.5. The number of amides is 1. The Hall–Kier alpha value is -4.68. The molecule has 1 saturated carbocycles. The van der Waals surface area contributed by atoms with Gasteiger partial charge in [0, 0.05) is 65.9 Å². The fourth-order valence-corrected chi connectivity index (χ4v) is 8.62. The van der Waals surface area contributed by atoms with Crippen LogP contribution in [0.4, 0.5) is 10.2 Å². The van der Waals surface area contributed by atoms with Gasteiger partial charge in [-0.05, 0) is 69.5 Å². The Balaban J connectivity index is 1.03. The molecule has 0 bridgehead atoms. The molecule has 6 heterocycles. The number of ether oxygens (including phenoxy) is 1. The molecule has 3 saturated heterocycles. The van der Waals surface area contributed by atoms with Gasteiger partial charge in [0.25, 0.3) is 5.89 Å². The average Bonchev–Trinajstić information content (AvgIpc) is 3.66. The van der Waals surface area contributed by atoms with Crippen LogP contribution >= 0.6 is 11.6 Å². The normalized spacial score (nSPS) is 20.7. The van der Waals surface area contributed by atoms with Crippen molar-refractivity contribution in [2.75, 3.05) is 44.7 Å². The predicted molar refractivity (Wildman–Crippen MR) is 197 cm³/mol. The SMILES string of the molecule is CN(c1nc(OCC23CCCN2CCC3)nc2c(F)c(-c3cccc4cccc(Cl)c34)ncc12)[C@@H]1CCN(C(=O)/C=C/c2nc(C3(C)CC3)no2)C1. The highest BCUT2D eigenvalue weighted by Crippen LogP contribution is 2.46. The first-order valence-corrected chi connectivity index (χ1v) is 18.5. The van der Waals surface area contributed by atoms with Crippen molar-refractivity contribution >= 4 is 51.1 Å². The molecule has 13 heteroatoms. The molecule has 0 unspecified atom stereocenters. The summed E-state index contributed by atoms with van der Waals surface area (Å²) in [5.41, 5.74) is 0.816. The molecule has 0 spiro atoms. The van der Waals surface area contributed by atoms with Crippen LogP contribution in [0.3, 0.4) is 0 Å². The second kappa shape index (κ2) is 12.8. The molecular formula is C39H40ClFN8O3. The smallest absolute Gasteiger partial charge is 0.319 e. The van der Waals surface area contributed by atoms with Crippen LogP contribution < -0.4 is 9.64 Å². The van der Waals surface area contributed by atoms with Crippen molar-refractivity contribution in [1.29, 1.82) is 0 Å². The number of nitrogens with zero attached hydrogens (tertiary/aromatic N) is 8. The van der Waals surface area contributed by atoms with Crippen LogP contribution in [0.1, 0.15) is 63.6 Å². The summed E-state index contributed by atoms with van der Waals surface area (Å²) in [4.78, 5) is 38.3. The molecular weight excluding hydrogens is 683 g/mol. The molecule has 1 atom stereocenters. The fraction of sp³-hybridized carbons (Fsp3) is 0.436. The van der Waals surface area contributed by atoms with Crippen LogP contribution in [0.2, 0.25) is 5.02 Å². The number of anilines is 1. The lowest BCUT2D eigenvalue weighted by atomic mass is 9.95. The minimum atomic E-state index is -0.568. The molecule has 3 aliphatic heterocycles. The number of pyridine rings is 1. The first kappa shape index (κ1) is 33.2. The van der Waals surface area contributed by atoms with Gasteiger partial charge in [-0.3, -0.25) is 14.7 Å². The summed E-state index contributed by atoms with van der Waals surface area (Å²) in [6.07, 6.45) is 11.9. The fourth-order valence-electron chi connectivity index (χ4n) is 8.33. The summed E-state index contributed by atoms with van der Waals surface area (Å²) < 4.78 is 28.7. The minimum absolute atomic E-state index is 0.0147. The van der Waals surface area contributed by atoms with Crippen LogP contribution in [0.5, 0.6) is 6.01 Å². The van der Waals surface area contributed by atoms with E-state index in [4.69, 9.17) is 30.8 Å². The molecule has 268 valence electrons. The highest BCUT2D eigenvalue weighted by molar-refractivity contribution is 6.36. The molecule has 9 rings (SSSR count). The van der Waals surface area contributed by atoms with E-state index in [-0.39, 0.29) is 40.1 Å². The monoisotopic (exact) mass is 722 g/mol. The van der Waals surface area contributed by atoms with Gasteiger partial charge in [0.15, 0.2) is 11.6 Å². The van der Waals surface area contributed by atoms with E-state index in [1.807, 2.05) is 42.3 Å². The number of likely N-dealkylation sites (tertiary alicyclic amines) is 1. The largest absolute Gasteiger partial charge is 0.461 e. The van der Waals surface area contributed by atoms with Crippen molar-refractivity contribution in [1.82, 2.24) is 34.9 Å². The maximum absolute atomic E-state index is 16.9. The van der Waals surface area contributed by atoms with E-state index in [1.165, 1.54) is 6.08 Å². The van der Waals surface area contributed by atoms with Gasteiger partial charge in [0.05, 0.1) is 10.9 Å². The third kappa shape index (κ3) is 5.76. The first-order valence-electron chi connectivity index (χ1n) is 18.2. The Kier molecular flexibility index (Phi) is 8.15. The third-order valence-electron chi connectivity index (χ3n) is 11.7. The van der Waals surface area contributed by atoms with Crippen molar-refractivity contribution in [2.45, 2.75) is 68.9 Å². The second-order valence-electron chi connectivity index (χ2n) is 15.1. The number of carbonyl (C=O) groups excluding carboxylic acids is 1. The van der Waals surface area contributed by atoms with E-state index in [0.29, 0.717) is 59.6 Å². The maximum Gasteiger partial charge on any atom is 0.319 e. The Morgan fingerprint density at radius 3 is 2.67 bits per heavy atom. The Morgan fingerprint density at radius 2 is 1.88 bits per heavy atom. The number of aromatic nitrogens is 5. The molecule has 5 aromatic rings. The zero-order valence-corrected chi connectivity index (χ0v) is 30.1. The predicted octanol–water partition coefficient (Wildman–Crippen LogP) is 6.83. The molecule has 52 heavy (non-hydrogen) atoms. The van der Waals surface area contributed by atoms with Gasteiger partial charge in [-0.25, -0.2) is 4.39 Å². The van der Waals surface area contributed by atoms with Crippen molar-refractivity contribution in [3.63, 3.8) is 0 Å². The average molecular weight is 723 g/mol. The van der Waals surface area contributed by atoms with Gasteiger partial charge < -0.3 is 19.1 Å². The van der Waals surface area contributed by atoms with Gasteiger partial charge in [0.1, 0.15) is 23.6 Å². The maximum atomic E-state index is 16.9. The van der Waals surface area contributed by atoms with Gasteiger partial charge >= 0.3 is 6.01 Å². The van der Waals surface area contributed by atoms with E-state index >= 15 is 4.39 Å². The minimum Gasteiger partial charge on any atom is -0.461 e. The summed E-state index contributed by atoms with van der Waals surface area (Å²) in [6.45, 7) is 5.68. The molecule has 4 fully saturated rings. The van der Waals surface area contributed by atoms with Crippen molar-refractivity contribution in [2.24, 2.45) is 0 Å². The van der Waals surface area contributed by atoms with Crippen molar-refractivity contribution in [3.8, 4) is 17.3 Å². The molecule has 1 amide bonds. The molecule has 1 aliphatic carbocycles. The topological polar surface area (TPSA) is 114 Å². The van der Waals surface area contributed by atoms with Crippen LogP contribution in [-0.4, -0.2) is 92.2 Å². The Labute approximate surface area is 305 Å². The highest BCUT2D eigenvalue weighted by Gasteiger charge is 2.45. The van der Waals surface area contributed by atoms with E-state index < -0.39 is 5.82 Å². The Bertz CT molecular complexity index is 2220. The summed E-state index contributed by atoms with van der Waals surface area (Å²) >= 11 is 6.65. The standard InChI is InChI=1S/C39H40ClFN8O3/c1-38(16-17-38)36-43-29(52-46-36)11-12-30(50)48-20-13-25(22-48)47(2)35-27-21-42-33(26-9-3-7-24-8-4-10-28(40)31(24)26)32(41)34(27)44-37(45-35)51-23-39-14-5-18-49(39)19-6-15-39/h3-4,7-12,21,25H,5-6,13-20,22-23H2,1-2H3/b12-11+/t25-/m1/s1. The lowest BCUT2D eigenvalue weighted by molar-refractivity contribution is -0.124. The first-order chi connectivity index (χ1) is 25.2. The number of fused-ring (bicyclic) bond motifs is 3. The van der Waals surface area contributed by atoms with Crippen LogP contribution in [0, 0.1) is 5.82 Å². The Morgan fingerprint density at radius 1 is 1.10 bits per heavy atom. The summed E-state index contributed by atoms with van der Waals surface area (Å²) in [7, 11) is 1.92. The molecule has 11 nitrogen and oxygen atoms in total. The van der Waals surface area contributed by atoms with Gasteiger partial charge in [-0.1, -0.05) is 54.0 Å². The van der Waals surface area contributed by atoms with E-state index in [9.17, 15) is 4.79 Å². The van der Waals surface area contributed by atoms with Crippen molar-refractivity contribution < 1.29 is 18.4 Å². The number of hydrogen-bond donors (Lipinski definition) is 0. The molecule has 3 aromatic heterocycles. The number of halogens is 2. The van der Waals surface area contributed by atoms with E-state index in [0.717, 1.165) is 62.4 Å². The van der Waals surface area contributed by atoms with Crippen LogP contribution in [0.15, 0.2) is 53.2 Å². The lowest BCUT2D eigenvalue weighted by Crippen LogP contribution is -2.43. The van der Waals surface area contributed by atoms with Gasteiger partial charge in [-0.2, -0.15) is 15.0 Å². The second-order valence-corrected chi connectivity index (χ2v) is 15.5. The molecule has 0 radical (unpaired) electrons. The van der Waals surface area contributed by atoms with Crippen LogP contribution in [0.25, 0.3) is 39.0 Å². The van der Waals surface area contributed by atoms with E-state index in [1.54, 1.807) is 23.2 Å². The van der Waals surface area contributed by atoms with Crippen LogP contribution in [-0.2, 0) is 10.2 Å². The lowest BCUT2D eigenvalue weighted by Gasteiger charge is -2.31. The van der Waals surface area contributed by atoms with Gasteiger partial charge in [0.2, 0.25) is 5.91 Å². The molecule has 4 aliphatic rings. The molecule has 2 aromatic carbocycles. The summed E-state index contributed by atoms with van der Waals surface area (Å²) in [5, 5.41) is 6.69. The third-order valence-corrected chi connectivity index (χ3v) is 12.1. The number of benzene rings is 2. The van der Waals surface area contributed by atoms with Gasteiger partial charge in [-0.15, -0.1) is 0 Å². The zero-order valence-electron chi connectivity index (χ0n) is 29.3. The quantitative estimate of drug-likeness (QED) is 0.150. The number of rotatable bonds is 9. The van der Waals surface area contributed by atoms with E-state index in [2.05, 4.69) is 26.9 Å². The van der Waals surface area contributed by atoms with Crippen molar-refractivity contribution in [3.05, 3.63) is 71.2 Å². The zero-order chi connectivity index (χ0) is 35.6. The molecule has 0 N–H and O–H groups in total.